The molecule has 0 saturated carbocycles. The highest BCUT2D eigenvalue weighted by Gasteiger charge is 2.25. The van der Waals surface area contributed by atoms with E-state index in [2.05, 4.69) is 46.8 Å². The van der Waals surface area contributed by atoms with Gasteiger partial charge in [-0.05, 0) is 55.3 Å². The molecule has 3 heterocycles. The van der Waals surface area contributed by atoms with E-state index in [1.165, 1.54) is 16.8 Å². The number of aryl methyl sites for hydroxylation is 1. The summed E-state index contributed by atoms with van der Waals surface area (Å²) in [5.74, 6) is 1.56. The Morgan fingerprint density at radius 3 is 2.39 bits per heavy atom. The number of aromatic nitrogens is 3. The molecule has 33 heavy (non-hydrogen) atoms. The third-order valence-electron chi connectivity index (χ3n) is 6.54. The number of anilines is 2. The second-order valence-corrected chi connectivity index (χ2v) is 8.35. The minimum atomic E-state index is 0.556. The lowest BCUT2D eigenvalue weighted by Crippen LogP contribution is -2.47. The van der Waals surface area contributed by atoms with Gasteiger partial charge in [0.2, 0.25) is 0 Å². The topological polar surface area (TPSA) is 63.0 Å². The van der Waals surface area contributed by atoms with Crippen molar-refractivity contribution in [3.63, 3.8) is 0 Å². The number of nitrogens with zero attached hydrogens (tertiary/aromatic N) is 5. The fourth-order valence-electron chi connectivity index (χ4n) is 4.55. The van der Waals surface area contributed by atoms with Gasteiger partial charge in [0.25, 0.3) is 0 Å². The Hall–Kier alpha value is -3.87. The highest BCUT2D eigenvalue weighted by Crippen LogP contribution is 2.32. The fraction of sp³-hybridized carbons (Fsp3) is 0.269. The zero-order valence-corrected chi connectivity index (χ0v) is 19.2. The fourth-order valence-corrected chi connectivity index (χ4v) is 4.55. The van der Waals surface area contributed by atoms with Crippen LogP contribution in [0.3, 0.4) is 0 Å². The Morgan fingerprint density at radius 1 is 0.970 bits per heavy atom. The molecule has 0 radical (unpaired) electrons. The van der Waals surface area contributed by atoms with Crippen LogP contribution in [0.5, 0.6) is 5.75 Å². The second kappa shape index (κ2) is 8.58. The first-order valence-electron chi connectivity index (χ1n) is 11.1. The molecule has 0 N–H and O–H groups in total. The highest BCUT2D eigenvalue weighted by molar-refractivity contribution is 5.98. The Kier molecular flexibility index (Phi) is 5.46. The van der Waals surface area contributed by atoms with Crippen LogP contribution in [0.1, 0.15) is 21.5 Å². The summed E-state index contributed by atoms with van der Waals surface area (Å²) in [5.41, 5.74) is 6.75. The van der Waals surface area contributed by atoms with Gasteiger partial charge in [0.15, 0.2) is 12.1 Å². The van der Waals surface area contributed by atoms with Crippen LogP contribution < -0.4 is 14.5 Å². The predicted molar refractivity (Wildman–Crippen MR) is 131 cm³/mol. The number of benzene rings is 2. The van der Waals surface area contributed by atoms with Crippen molar-refractivity contribution in [1.82, 2.24) is 14.6 Å². The van der Waals surface area contributed by atoms with Crippen LogP contribution in [0.15, 0.2) is 54.9 Å². The van der Waals surface area contributed by atoms with Gasteiger partial charge in [0, 0.05) is 49.8 Å². The zero-order valence-electron chi connectivity index (χ0n) is 19.2. The van der Waals surface area contributed by atoms with Crippen LogP contribution in [0, 0.1) is 13.8 Å². The number of aldehydes is 1. The molecule has 4 aromatic rings. The van der Waals surface area contributed by atoms with Crippen LogP contribution in [0.2, 0.25) is 0 Å². The van der Waals surface area contributed by atoms with E-state index < -0.39 is 0 Å². The number of hydrogen-bond acceptors (Lipinski definition) is 6. The standard InChI is InChI=1S/C26H27N5O2/c1-18-5-4-6-23(19(18)2)29-13-15-30(16-14-29)26-25-22(17-32)24(28-31(25)12-11-27-26)20-7-9-21(33-3)10-8-20/h4-12,17H,13-16H2,1-3H3. The van der Waals surface area contributed by atoms with E-state index in [1.54, 1.807) is 24.0 Å². The quantitative estimate of drug-likeness (QED) is 0.434. The molecule has 2 aromatic heterocycles. The van der Waals surface area contributed by atoms with Gasteiger partial charge in [-0.3, -0.25) is 4.79 Å². The summed E-state index contributed by atoms with van der Waals surface area (Å²) in [5, 5.41) is 4.72. The molecule has 0 aliphatic carbocycles. The minimum absolute atomic E-state index is 0.556. The molecule has 1 aliphatic rings. The molecule has 0 bridgehead atoms. The maximum absolute atomic E-state index is 12.2. The third-order valence-corrected chi connectivity index (χ3v) is 6.54. The van der Waals surface area contributed by atoms with Gasteiger partial charge >= 0.3 is 0 Å². The first-order valence-corrected chi connectivity index (χ1v) is 11.1. The molecule has 1 fully saturated rings. The molecule has 7 nitrogen and oxygen atoms in total. The number of piperazine rings is 1. The van der Waals surface area contributed by atoms with Crippen LogP contribution in [-0.4, -0.2) is 54.2 Å². The lowest BCUT2D eigenvalue weighted by atomic mass is 10.1. The Labute approximate surface area is 193 Å². The summed E-state index contributed by atoms with van der Waals surface area (Å²) in [6.07, 6.45) is 4.43. The molecular weight excluding hydrogens is 414 g/mol. The van der Waals surface area contributed by atoms with Crippen LogP contribution in [0.25, 0.3) is 16.8 Å². The number of fused-ring (bicyclic) bond motifs is 1. The van der Waals surface area contributed by atoms with E-state index in [-0.39, 0.29) is 0 Å². The number of carbonyl (C=O) groups is 1. The second-order valence-electron chi connectivity index (χ2n) is 8.35. The first-order chi connectivity index (χ1) is 16.1. The van der Waals surface area contributed by atoms with Crippen LogP contribution in [0.4, 0.5) is 11.5 Å². The maximum Gasteiger partial charge on any atom is 0.155 e. The molecule has 168 valence electrons. The Balaban J connectivity index is 1.47. The predicted octanol–water partition coefficient (Wildman–Crippen LogP) is 4.16. The van der Waals surface area contributed by atoms with Gasteiger partial charge in [0.05, 0.1) is 12.7 Å². The number of rotatable bonds is 5. The van der Waals surface area contributed by atoms with E-state index in [4.69, 9.17) is 9.84 Å². The monoisotopic (exact) mass is 441 g/mol. The molecule has 1 aliphatic heterocycles. The summed E-state index contributed by atoms with van der Waals surface area (Å²) < 4.78 is 7.02. The summed E-state index contributed by atoms with van der Waals surface area (Å²) in [6, 6.07) is 14.1. The van der Waals surface area contributed by atoms with E-state index in [0.29, 0.717) is 11.3 Å². The Morgan fingerprint density at radius 2 is 1.70 bits per heavy atom. The molecule has 2 aromatic carbocycles. The first kappa shape index (κ1) is 21.0. The molecule has 1 saturated heterocycles. The average Bonchev–Trinajstić information content (AvgIpc) is 3.25. The average molecular weight is 442 g/mol. The van der Waals surface area contributed by atoms with Crippen molar-refractivity contribution in [2.24, 2.45) is 0 Å². The number of methoxy groups -OCH3 is 1. The van der Waals surface area contributed by atoms with Gasteiger partial charge in [-0.2, -0.15) is 5.10 Å². The van der Waals surface area contributed by atoms with Crippen molar-refractivity contribution in [1.29, 1.82) is 0 Å². The summed E-state index contributed by atoms with van der Waals surface area (Å²) in [7, 11) is 1.63. The molecule has 0 amide bonds. The largest absolute Gasteiger partial charge is 0.497 e. The normalized spacial score (nSPS) is 14.0. The summed E-state index contributed by atoms with van der Waals surface area (Å²) >= 11 is 0. The summed E-state index contributed by atoms with van der Waals surface area (Å²) in [6.45, 7) is 7.76. The van der Waals surface area contributed by atoms with Crippen LogP contribution in [-0.2, 0) is 0 Å². The van der Waals surface area contributed by atoms with Crippen molar-refractivity contribution in [2.75, 3.05) is 43.1 Å². The molecular formula is C26H27N5O2. The SMILES string of the molecule is COc1ccc(-c2nn3ccnc(N4CCN(c5cccc(C)c5C)CC4)c3c2C=O)cc1. The number of carbonyl (C=O) groups excluding carboxylic acids is 1. The van der Waals surface area contributed by atoms with Crippen molar-refractivity contribution in [3.05, 3.63) is 71.5 Å². The van der Waals surface area contributed by atoms with Gasteiger partial charge in [0.1, 0.15) is 17.0 Å². The van der Waals surface area contributed by atoms with Gasteiger partial charge in [-0.25, -0.2) is 9.50 Å². The van der Waals surface area contributed by atoms with Crippen LogP contribution >= 0.6 is 0 Å². The molecule has 0 unspecified atom stereocenters. The van der Waals surface area contributed by atoms with Crippen molar-refractivity contribution >= 4 is 23.3 Å². The lowest BCUT2D eigenvalue weighted by Gasteiger charge is -2.37. The summed E-state index contributed by atoms with van der Waals surface area (Å²) in [4.78, 5) is 21.6. The van der Waals surface area contributed by atoms with Gasteiger partial charge in [-0.1, -0.05) is 12.1 Å². The van der Waals surface area contributed by atoms with E-state index in [0.717, 1.165) is 55.1 Å². The van der Waals surface area contributed by atoms with Crippen molar-refractivity contribution in [3.8, 4) is 17.0 Å². The molecule has 7 heteroatoms. The minimum Gasteiger partial charge on any atom is -0.497 e. The number of hydrogen-bond donors (Lipinski definition) is 0. The third kappa shape index (κ3) is 3.69. The van der Waals surface area contributed by atoms with Gasteiger partial charge in [-0.15, -0.1) is 0 Å². The molecule has 0 atom stereocenters. The lowest BCUT2D eigenvalue weighted by molar-refractivity contribution is 0.112. The van der Waals surface area contributed by atoms with Crippen molar-refractivity contribution < 1.29 is 9.53 Å². The van der Waals surface area contributed by atoms with E-state index in [1.807, 2.05) is 24.3 Å². The molecule has 0 spiro atoms. The van der Waals surface area contributed by atoms with Crippen molar-refractivity contribution in [2.45, 2.75) is 13.8 Å². The van der Waals surface area contributed by atoms with E-state index >= 15 is 0 Å². The smallest absolute Gasteiger partial charge is 0.155 e. The maximum atomic E-state index is 12.2. The Bertz CT molecular complexity index is 1300. The highest BCUT2D eigenvalue weighted by atomic mass is 16.5. The van der Waals surface area contributed by atoms with E-state index in [9.17, 15) is 4.79 Å². The zero-order chi connectivity index (χ0) is 22.9. The van der Waals surface area contributed by atoms with Gasteiger partial charge < -0.3 is 14.5 Å². The molecule has 5 rings (SSSR count). The number of ether oxygens (including phenoxy) is 1.